The Morgan fingerprint density at radius 2 is 2.12 bits per heavy atom. The Morgan fingerprint density at radius 3 is 2.75 bits per heavy atom. The fraction of sp³-hybridized carbons (Fsp3) is 0.462. The molecule has 0 heterocycles. The molecule has 0 saturated heterocycles. The minimum Gasteiger partial charge on any atom is -0.335 e. The molecular formula is C13H18N2O. The number of rotatable bonds is 3. The van der Waals surface area contributed by atoms with E-state index >= 15 is 0 Å². The van der Waals surface area contributed by atoms with Gasteiger partial charge in [-0.3, -0.25) is 0 Å². The smallest absolute Gasteiger partial charge is 0.317 e. The third-order valence-corrected chi connectivity index (χ3v) is 2.92. The molecule has 0 bridgehead atoms. The number of urea groups is 1. The molecule has 3 nitrogen and oxygen atoms in total. The Hall–Kier alpha value is -1.51. The molecular weight excluding hydrogens is 200 g/mol. The summed E-state index contributed by atoms with van der Waals surface area (Å²) in [5.41, 5.74) is 2.43. The van der Waals surface area contributed by atoms with Crippen LogP contribution in [0, 0.1) is 6.92 Å². The number of aryl methyl sites for hydroxylation is 1. The van der Waals surface area contributed by atoms with Gasteiger partial charge in [0.2, 0.25) is 0 Å². The average molecular weight is 218 g/mol. The van der Waals surface area contributed by atoms with E-state index in [2.05, 4.69) is 24.4 Å². The Balaban J connectivity index is 1.92. The van der Waals surface area contributed by atoms with Crippen LogP contribution in [0.3, 0.4) is 0 Å². The summed E-state index contributed by atoms with van der Waals surface area (Å²) in [5, 5.41) is 2.98. The van der Waals surface area contributed by atoms with Crippen LogP contribution in [0.4, 0.5) is 4.79 Å². The molecule has 0 spiro atoms. The third kappa shape index (κ3) is 2.75. The molecule has 0 atom stereocenters. The number of hydrogen-bond acceptors (Lipinski definition) is 1. The molecule has 0 aromatic heterocycles. The molecule has 1 saturated carbocycles. The zero-order chi connectivity index (χ0) is 11.5. The molecule has 86 valence electrons. The van der Waals surface area contributed by atoms with Crippen molar-refractivity contribution in [3.05, 3.63) is 35.4 Å². The van der Waals surface area contributed by atoms with Crippen molar-refractivity contribution < 1.29 is 4.79 Å². The van der Waals surface area contributed by atoms with Crippen molar-refractivity contribution in [3.8, 4) is 0 Å². The normalized spacial score (nSPS) is 14.6. The maximum Gasteiger partial charge on any atom is 0.317 e. The summed E-state index contributed by atoms with van der Waals surface area (Å²) in [6.07, 6.45) is 2.26. The Labute approximate surface area is 96.5 Å². The minimum absolute atomic E-state index is 0.0331. The van der Waals surface area contributed by atoms with Crippen LogP contribution < -0.4 is 5.32 Å². The first-order valence-electron chi connectivity index (χ1n) is 5.73. The van der Waals surface area contributed by atoms with E-state index in [0.29, 0.717) is 12.6 Å². The van der Waals surface area contributed by atoms with Crippen molar-refractivity contribution in [2.24, 2.45) is 0 Å². The molecule has 0 unspecified atom stereocenters. The van der Waals surface area contributed by atoms with Crippen molar-refractivity contribution in [2.45, 2.75) is 32.4 Å². The Kier molecular flexibility index (Phi) is 3.13. The molecule has 2 rings (SSSR count). The summed E-state index contributed by atoms with van der Waals surface area (Å²) in [6.45, 7) is 2.74. The lowest BCUT2D eigenvalue weighted by Crippen LogP contribution is -2.38. The molecule has 1 aliphatic rings. The summed E-state index contributed by atoms with van der Waals surface area (Å²) in [5.74, 6) is 0. The van der Waals surface area contributed by atoms with Crippen molar-refractivity contribution in [1.29, 1.82) is 0 Å². The van der Waals surface area contributed by atoms with Crippen molar-refractivity contribution in [1.82, 2.24) is 10.2 Å². The largest absolute Gasteiger partial charge is 0.335 e. The molecule has 0 radical (unpaired) electrons. The number of carbonyl (C=O) groups excluding carboxylic acids is 1. The van der Waals surface area contributed by atoms with Gasteiger partial charge in [-0.2, -0.15) is 0 Å². The second-order valence-corrected chi connectivity index (χ2v) is 4.51. The van der Waals surface area contributed by atoms with Gasteiger partial charge in [-0.1, -0.05) is 24.3 Å². The maximum absolute atomic E-state index is 11.7. The first-order valence-corrected chi connectivity index (χ1v) is 5.73. The summed E-state index contributed by atoms with van der Waals surface area (Å²) in [7, 11) is 1.84. The number of nitrogens with one attached hydrogen (secondary N) is 1. The van der Waals surface area contributed by atoms with E-state index in [9.17, 15) is 4.79 Å². The predicted octanol–water partition coefficient (Wildman–Crippen LogP) is 2.30. The molecule has 16 heavy (non-hydrogen) atoms. The average Bonchev–Trinajstić information content (AvgIpc) is 3.05. The Bertz CT molecular complexity index is 385. The number of carbonyl (C=O) groups is 1. The van der Waals surface area contributed by atoms with Gasteiger partial charge in [-0.15, -0.1) is 0 Å². The lowest BCUT2D eigenvalue weighted by molar-refractivity contribution is 0.206. The highest BCUT2D eigenvalue weighted by Crippen LogP contribution is 2.19. The number of amides is 2. The van der Waals surface area contributed by atoms with Gasteiger partial charge in [0.25, 0.3) is 0 Å². The first-order chi connectivity index (χ1) is 7.66. The molecule has 1 aliphatic carbocycles. The van der Waals surface area contributed by atoms with Crippen LogP contribution in [0.1, 0.15) is 24.0 Å². The van der Waals surface area contributed by atoms with Gasteiger partial charge in [0.05, 0.1) is 0 Å². The molecule has 2 amide bonds. The predicted molar refractivity (Wildman–Crippen MR) is 64.2 cm³/mol. The lowest BCUT2D eigenvalue weighted by atomic mass is 10.1. The summed E-state index contributed by atoms with van der Waals surface area (Å²) in [4.78, 5) is 13.5. The summed E-state index contributed by atoms with van der Waals surface area (Å²) in [6, 6.07) is 8.62. The van der Waals surface area contributed by atoms with Gasteiger partial charge in [0.15, 0.2) is 0 Å². The zero-order valence-electron chi connectivity index (χ0n) is 9.86. The summed E-state index contributed by atoms with van der Waals surface area (Å²) < 4.78 is 0. The Morgan fingerprint density at radius 1 is 1.44 bits per heavy atom. The van der Waals surface area contributed by atoms with Gasteiger partial charge in [-0.05, 0) is 30.9 Å². The monoisotopic (exact) mass is 218 g/mol. The maximum atomic E-state index is 11.7. The van der Waals surface area contributed by atoms with E-state index in [0.717, 1.165) is 12.8 Å². The highest BCUT2D eigenvalue weighted by Gasteiger charge is 2.24. The molecule has 3 heteroatoms. The molecule has 1 aromatic carbocycles. The SMILES string of the molecule is Cc1ccccc1CN(C)C(=O)NC1CC1. The van der Waals surface area contributed by atoms with Crippen LogP contribution >= 0.6 is 0 Å². The quantitative estimate of drug-likeness (QED) is 0.829. The highest BCUT2D eigenvalue weighted by molar-refractivity contribution is 5.74. The van der Waals surface area contributed by atoms with E-state index < -0.39 is 0 Å². The third-order valence-electron chi connectivity index (χ3n) is 2.92. The van der Waals surface area contributed by atoms with Gasteiger partial charge in [0, 0.05) is 19.6 Å². The van der Waals surface area contributed by atoms with Crippen LogP contribution in [-0.4, -0.2) is 24.0 Å². The van der Waals surface area contributed by atoms with E-state index in [-0.39, 0.29) is 6.03 Å². The van der Waals surface area contributed by atoms with Crippen LogP contribution in [0.25, 0.3) is 0 Å². The minimum atomic E-state index is 0.0331. The van der Waals surface area contributed by atoms with Crippen LogP contribution in [0.15, 0.2) is 24.3 Å². The molecule has 0 aliphatic heterocycles. The van der Waals surface area contributed by atoms with Gasteiger partial charge in [-0.25, -0.2) is 4.79 Å². The highest BCUT2D eigenvalue weighted by atomic mass is 16.2. The van der Waals surface area contributed by atoms with Crippen LogP contribution in [-0.2, 0) is 6.54 Å². The van der Waals surface area contributed by atoms with Crippen LogP contribution in [0.2, 0.25) is 0 Å². The fourth-order valence-electron chi connectivity index (χ4n) is 1.63. The number of benzene rings is 1. The first kappa shape index (κ1) is 11.0. The second-order valence-electron chi connectivity index (χ2n) is 4.51. The molecule has 1 fully saturated rings. The fourth-order valence-corrected chi connectivity index (χ4v) is 1.63. The van der Waals surface area contributed by atoms with E-state index in [1.807, 2.05) is 19.2 Å². The van der Waals surface area contributed by atoms with E-state index in [1.54, 1.807) is 4.90 Å². The summed E-state index contributed by atoms with van der Waals surface area (Å²) >= 11 is 0. The lowest BCUT2D eigenvalue weighted by Gasteiger charge is -2.18. The molecule has 1 N–H and O–H groups in total. The van der Waals surface area contributed by atoms with Crippen LogP contribution in [0.5, 0.6) is 0 Å². The van der Waals surface area contributed by atoms with Crippen molar-refractivity contribution >= 4 is 6.03 Å². The topological polar surface area (TPSA) is 32.3 Å². The number of nitrogens with zero attached hydrogens (tertiary/aromatic N) is 1. The van der Waals surface area contributed by atoms with E-state index in [4.69, 9.17) is 0 Å². The molecule has 1 aromatic rings. The number of hydrogen-bond donors (Lipinski definition) is 1. The zero-order valence-corrected chi connectivity index (χ0v) is 9.86. The van der Waals surface area contributed by atoms with Gasteiger partial charge in [0.1, 0.15) is 0 Å². The van der Waals surface area contributed by atoms with Crippen molar-refractivity contribution in [3.63, 3.8) is 0 Å². The van der Waals surface area contributed by atoms with Gasteiger partial charge >= 0.3 is 6.03 Å². The van der Waals surface area contributed by atoms with E-state index in [1.165, 1.54) is 11.1 Å². The second kappa shape index (κ2) is 4.56. The van der Waals surface area contributed by atoms with Gasteiger partial charge < -0.3 is 10.2 Å². The van der Waals surface area contributed by atoms with Crippen molar-refractivity contribution in [2.75, 3.05) is 7.05 Å². The standard InChI is InChI=1S/C13H18N2O/c1-10-5-3-4-6-11(10)9-15(2)13(16)14-12-7-8-12/h3-6,12H,7-9H2,1-2H3,(H,14,16).